The first-order valence-electron chi connectivity index (χ1n) is 6.65. The van der Waals surface area contributed by atoms with E-state index in [1.165, 1.54) is 37.0 Å². The molecule has 1 aromatic rings. The summed E-state index contributed by atoms with van der Waals surface area (Å²) >= 11 is 1.21. The van der Waals surface area contributed by atoms with Gasteiger partial charge in [0.1, 0.15) is 0 Å². The maximum Gasteiger partial charge on any atom is 0.324 e. The van der Waals surface area contributed by atoms with Crippen LogP contribution in [0.5, 0.6) is 0 Å². The van der Waals surface area contributed by atoms with Gasteiger partial charge in [-0.15, -0.1) is 0 Å². The highest BCUT2D eigenvalue weighted by molar-refractivity contribution is 7.13. The summed E-state index contributed by atoms with van der Waals surface area (Å²) in [5.74, 6) is 2.78. The average molecular weight is 266 g/mol. The Morgan fingerprint density at radius 1 is 1.44 bits per heavy atom. The van der Waals surface area contributed by atoms with Gasteiger partial charge in [0.2, 0.25) is 0 Å². The van der Waals surface area contributed by atoms with E-state index in [9.17, 15) is 10.1 Å². The van der Waals surface area contributed by atoms with Crippen LogP contribution in [0.3, 0.4) is 0 Å². The smallest absolute Gasteiger partial charge is 0.312 e. The number of nitro groups is 1. The fraction of sp³-hybridized carbons (Fsp3) is 0.692. The predicted molar refractivity (Wildman–Crippen MR) is 71.6 cm³/mol. The molecule has 2 bridgehead atoms. The predicted octanol–water partition coefficient (Wildman–Crippen LogP) is 3.18. The molecule has 3 unspecified atom stereocenters. The van der Waals surface area contributed by atoms with E-state index in [4.69, 9.17) is 0 Å². The summed E-state index contributed by atoms with van der Waals surface area (Å²) in [5.41, 5.74) is 1.04. The first-order valence-corrected chi connectivity index (χ1v) is 7.53. The molecule has 2 aliphatic carbocycles. The zero-order chi connectivity index (χ0) is 12.5. The van der Waals surface area contributed by atoms with Crippen LogP contribution < -0.4 is 5.32 Å². The van der Waals surface area contributed by atoms with E-state index in [-0.39, 0.29) is 9.92 Å². The number of rotatable bonds is 5. The third kappa shape index (κ3) is 2.42. The summed E-state index contributed by atoms with van der Waals surface area (Å²) < 4.78 is 0. The van der Waals surface area contributed by atoms with Crippen LogP contribution >= 0.6 is 11.3 Å². The monoisotopic (exact) mass is 266 g/mol. The second-order valence-corrected chi connectivity index (χ2v) is 6.51. The number of nitrogens with one attached hydrogen (secondary N) is 1. The minimum atomic E-state index is -0.315. The summed E-state index contributed by atoms with van der Waals surface area (Å²) in [6, 6.07) is 1.68. The Balaban J connectivity index is 1.45. The maximum absolute atomic E-state index is 10.6. The molecule has 0 saturated heterocycles. The molecule has 18 heavy (non-hydrogen) atoms. The zero-order valence-corrected chi connectivity index (χ0v) is 11.1. The van der Waals surface area contributed by atoms with Gasteiger partial charge in [0.25, 0.3) is 0 Å². The molecule has 0 spiro atoms. The second kappa shape index (κ2) is 4.97. The molecular weight excluding hydrogens is 248 g/mol. The van der Waals surface area contributed by atoms with Crippen molar-refractivity contribution in [2.45, 2.75) is 32.2 Å². The van der Waals surface area contributed by atoms with Crippen molar-refractivity contribution < 1.29 is 4.92 Å². The third-order valence-corrected chi connectivity index (χ3v) is 5.37. The Morgan fingerprint density at radius 3 is 2.94 bits per heavy atom. The quantitative estimate of drug-likeness (QED) is 0.658. The van der Waals surface area contributed by atoms with E-state index in [1.54, 1.807) is 6.07 Å². The van der Waals surface area contributed by atoms with Gasteiger partial charge >= 0.3 is 5.00 Å². The fourth-order valence-corrected chi connectivity index (χ4v) is 4.31. The number of thiophene rings is 1. The summed E-state index contributed by atoms with van der Waals surface area (Å²) in [6.07, 6.45) is 5.69. The van der Waals surface area contributed by atoms with Crippen molar-refractivity contribution in [2.24, 2.45) is 17.8 Å². The molecule has 0 aromatic carbocycles. The minimum Gasteiger partial charge on any atom is -0.312 e. The van der Waals surface area contributed by atoms with Crippen LogP contribution in [0.25, 0.3) is 0 Å². The van der Waals surface area contributed by atoms with Crippen molar-refractivity contribution in [3.05, 3.63) is 27.1 Å². The Labute approximate surface area is 111 Å². The van der Waals surface area contributed by atoms with Gasteiger partial charge in [0.05, 0.1) is 4.92 Å². The molecule has 0 radical (unpaired) electrons. The summed E-state index contributed by atoms with van der Waals surface area (Å²) in [5, 5.41) is 16.2. The number of hydrogen-bond donors (Lipinski definition) is 1. The van der Waals surface area contributed by atoms with Gasteiger partial charge in [-0.05, 0) is 49.1 Å². The van der Waals surface area contributed by atoms with Crippen molar-refractivity contribution in [1.29, 1.82) is 0 Å². The molecule has 0 aliphatic heterocycles. The van der Waals surface area contributed by atoms with Crippen LogP contribution in [0.2, 0.25) is 0 Å². The van der Waals surface area contributed by atoms with Crippen LogP contribution in [0.15, 0.2) is 11.4 Å². The first kappa shape index (κ1) is 12.1. The third-order valence-electron chi connectivity index (χ3n) is 4.44. The lowest BCUT2D eigenvalue weighted by atomic mass is 9.89. The van der Waals surface area contributed by atoms with Gasteiger partial charge in [-0.1, -0.05) is 17.8 Å². The van der Waals surface area contributed by atoms with E-state index in [0.717, 1.165) is 36.4 Å². The SMILES string of the molecule is O=[N+]([O-])c1cc(CNCC2CC3CCC2C3)cs1. The largest absolute Gasteiger partial charge is 0.324 e. The first-order chi connectivity index (χ1) is 8.72. The number of nitrogens with zero attached hydrogens (tertiary/aromatic N) is 1. The molecule has 1 aromatic heterocycles. The van der Waals surface area contributed by atoms with Gasteiger partial charge in [-0.25, -0.2) is 0 Å². The Bertz CT molecular complexity index is 446. The van der Waals surface area contributed by atoms with Crippen LogP contribution in [0.4, 0.5) is 5.00 Å². The fourth-order valence-electron chi connectivity index (χ4n) is 3.58. The van der Waals surface area contributed by atoms with Crippen LogP contribution in [0, 0.1) is 27.9 Å². The lowest BCUT2D eigenvalue weighted by Gasteiger charge is -2.21. The topological polar surface area (TPSA) is 55.2 Å². The van der Waals surface area contributed by atoms with E-state index >= 15 is 0 Å². The highest BCUT2D eigenvalue weighted by atomic mass is 32.1. The lowest BCUT2D eigenvalue weighted by molar-refractivity contribution is -0.380. The Kier molecular flexibility index (Phi) is 3.35. The van der Waals surface area contributed by atoms with E-state index in [0.29, 0.717) is 0 Å². The van der Waals surface area contributed by atoms with Gasteiger partial charge in [0, 0.05) is 18.0 Å². The highest BCUT2D eigenvalue weighted by Crippen LogP contribution is 2.47. The molecule has 1 N–H and O–H groups in total. The van der Waals surface area contributed by atoms with Gasteiger partial charge < -0.3 is 5.32 Å². The van der Waals surface area contributed by atoms with E-state index in [1.807, 2.05) is 5.38 Å². The molecule has 2 saturated carbocycles. The normalized spacial score (nSPS) is 29.9. The second-order valence-electron chi connectivity index (χ2n) is 5.62. The molecule has 2 aliphatic rings. The van der Waals surface area contributed by atoms with Crippen molar-refractivity contribution in [3.8, 4) is 0 Å². The van der Waals surface area contributed by atoms with Crippen LogP contribution in [-0.2, 0) is 6.54 Å². The van der Waals surface area contributed by atoms with Crippen molar-refractivity contribution >= 4 is 16.3 Å². The van der Waals surface area contributed by atoms with Gasteiger partial charge in [0.15, 0.2) is 0 Å². The standard InChI is InChI=1S/C13H18N2O2S/c16-15(17)13-5-10(8-18-13)6-14-7-12-4-9-1-2-11(12)3-9/h5,8-9,11-12,14H,1-4,6-7H2. The summed E-state index contributed by atoms with van der Waals surface area (Å²) in [6.45, 7) is 1.84. The van der Waals surface area contributed by atoms with Crippen LogP contribution in [-0.4, -0.2) is 11.5 Å². The summed E-state index contributed by atoms with van der Waals surface area (Å²) in [7, 11) is 0. The van der Waals surface area contributed by atoms with E-state index < -0.39 is 0 Å². The molecule has 1 heterocycles. The van der Waals surface area contributed by atoms with Crippen LogP contribution in [0.1, 0.15) is 31.2 Å². The highest BCUT2D eigenvalue weighted by Gasteiger charge is 2.38. The molecule has 4 nitrogen and oxygen atoms in total. The number of hydrogen-bond acceptors (Lipinski definition) is 4. The zero-order valence-electron chi connectivity index (χ0n) is 10.3. The molecule has 3 atom stereocenters. The lowest BCUT2D eigenvalue weighted by Crippen LogP contribution is -2.26. The Hall–Kier alpha value is -0.940. The minimum absolute atomic E-state index is 0.242. The molecule has 5 heteroatoms. The Morgan fingerprint density at radius 2 is 2.33 bits per heavy atom. The summed E-state index contributed by atoms with van der Waals surface area (Å²) in [4.78, 5) is 10.3. The van der Waals surface area contributed by atoms with Crippen molar-refractivity contribution in [2.75, 3.05) is 6.54 Å². The molecule has 2 fully saturated rings. The molecule has 98 valence electrons. The number of fused-ring (bicyclic) bond motifs is 2. The van der Waals surface area contributed by atoms with Gasteiger partial charge in [-0.3, -0.25) is 10.1 Å². The van der Waals surface area contributed by atoms with Gasteiger partial charge in [-0.2, -0.15) is 0 Å². The van der Waals surface area contributed by atoms with Crippen molar-refractivity contribution in [1.82, 2.24) is 5.32 Å². The molecular formula is C13H18N2O2S. The average Bonchev–Trinajstić information content (AvgIpc) is 3.03. The van der Waals surface area contributed by atoms with E-state index in [2.05, 4.69) is 5.32 Å². The molecule has 3 rings (SSSR count). The maximum atomic E-state index is 10.6. The van der Waals surface area contributed by atoms with Crippen molar-refractivity contribution in [3.63, 3.8) is 0 Å². The molecule has 0 amide bonds.